The van der Waals surface area contributed by atoms with E-state index in [1.54, 1.807) is 0 Å². The van der Waals surface area contributed by atoms with Crippen molar-refractivity contribution in [2.24, 2.45) is 0 Å². The largest absolute Gasteiger partial charge is 0.397 e. The van der Waals surface area contributed by atoms with E-state index in [0.29, 0.717) is 6.61 Å². The molecule has 108 valence electrons. The summed E-state index contributed by atoms with van der Waals surface area (Å²) in [5.41, 5.74) is -0.421. The summed E-state index contributed by atoms with van der Waals surface area (Å²) in [5.74, 6) is -0.998. The van der Waals surface area contributed by atoms with Crippen LogP contribution in [0, 0.1) is 0 Å². The van der Waals surface area contributed by atoms with E-state index in [2.05, 4.69) is 10.6 Å². The van der Waals surface area contributed by atoms with Gasteiger partial charge in [0.15, 0.2) is 0 Å². The fraction of sp³-hybridized carbons (Fsp3) is 0.900. The predicted molar refractivity (Wildman–Crippen MR) is 62.8 cm³/mol. The average molecular weight is 291 g/mol. The summed E-state index contributed by atoms with van der Waals surface area (Å²) < 4.78 is 40.9. The number of methoxy groups -OCH3 is 1. The Hall–Kier alpha value is -0.530. The van der Waals surface area contributed by atoms with Gasteiger partial charge >= 0.3 is 6.18 Å². The predicted octanol–water partition coefficient (Wildman–Crippen LogP) is 1.25. The van der Waals surface area contributed by atoms with Crippen LogP contribution in [0.15, 0.2) is 0 Å². The van der Waals surface area contributed by atoms with Crippen LogP contribution in [0.25, 0.3) is 0 Å². The number of rotatable bonds is 5. The molecule has 1 aliphatic rings. The van der Waals surface area contributed by atoms with Crippen molar-refractivity contribution >= 4 is 18.3 Å². The normalized spacial score (nSPS) is 23.6. The zero-order valence-corrected chi connectivity index (χ0v) is 10.9. The molecule has 1 amide bonds. The molecule has 0 bridgehead atoms. The van der Waals surface area contributed by atoms with Gasteiger partial charge in [0.2, 0.25) is 5.91 Å². The molecule has 0 aromatic carbocycles. The standard InChI is InChI=1S/C10H17F3N2O2.ClH/c1-17-7-9(3-2-4-15-9)6-14-8(16)5-10(11,12)13;/h15H,2-7H2,1H3,(H,14,16);1H. The van der Waals surface area contributed by atoms with Gasteiger partial charge in [0, 0.05) is 13.7 Å². The number of carbonyl (C=O) groups excluding carboxylic acids is 1. The molecule has 0 spiro atoms. The zero-order chi connectivity index (χ0) is 12.9. The molecule has 0 aromatic rings. The Morgan fingerprint density at radius 1 is 1.50 bits per heavy atom. The van der Waals surface area contributed by atoms with Gasteiger partial charge in [-0.25, -0.2) is 0 Å². The SMILES string of the molecule is COCC1(CNC(=O)CC(F)(F)F)CCCN1.Cl. The van der Waals surface area contributed by atoms with E-state index in [9.17, 15) is 18.0 Å². The van der Waals surface area contributed by atoms with Crippen LogP contribution >= 0.6 is 12.4 Å². The van der Waals surface area contributed by atoms with Crippen LogP contribution in [0.2, 0.25) is 0 Å². The Balaban J connectivity index is 0.00000289. The molecule has 1 rings (SSSR count). The fourth-order valence-electron chi connectivity index (χ4n) is 1.98. The Morgan fingerprint density at radius 2 is 2.17 bits per heavy atom. The molecule has 0 aliphatic carbocycles. The molecule has 2 N–H and O–H groups in total. The molecule has 0 saturated carbocycles. The minimum atomic E-state index is -4.46. The van der Waals surface area contributed by atoms with Crippen LogP contribution in [0.3, 0.4) is 0 Å². The third-order valence-electron chi connectivity index (χ3n) is 2.74. The lowest BCUT2D eigenvalue weighted by atomic mass is 9.98. The number of nitrogens with one attached hydrogen (secondary N) is 2. The zero-order valence-electron chi connectivity index (χ0n) is 10.1. The lowest BCUT2D eigenvalue weighted by Crippen LogP contribution is -2.53. The first-order chi connectivity index (χ1) is 7.87. The van der Waals surface area contributed by atoms with Crippen molar-refractivity contribution in [3.05, 3.63) is 0 Å². The first kappa shape index (κ1) is 17.5. The number of carbonyl (C=O) groups is 1. The van der Waals surface area contributed by atoms with Gasteiger partial charge in [-0.1, -0.05) is 0 Å². The number of amides is 1. The minimum Gasteiger partial charge on any atom is -0.383 e. The molecule has 1 unspecified atom stereocenters. The van der Waals surface area contributed by atoms with E-state index in [1.807, 2.05) is 0 Å². The van der Waals surface area contributed by atoms with Gasteiger partial charge in [0.25, 0.3) is 0 Å². The van der Waals surface area contributed by atoms with Crippen LogP contribution in [-0.4, -0.2) is 44.4 Å². The van der Waals surface area contributed by atoms with Crippen molar-refractivity contribution in [1.82, 2.24) is 10.6 Å². The number of halogens is 4. The van der Waals surface area contributed by atoms with Gasteiger partial charge in [-0.15, -0.1) is 12.4 Å². The second-order valence-electron chi connectivity index (χ2n) is 4.31. The molecule has 1 atom stereocenters. The number of hydrogen-bond donors (Lipinski definition) is 2. The highest BCUT2D eigenvalue weighted by Crippen LogP contribution is 2.21. The van der Waals surface area contributed by atoms with Gasteiger partial charge in [-0.05, 0) is 19.4 Å². The van der Waals surface area contributed by atoms with Gasteiger partial charge in [0.1, 0.15) is 6.42 Å². The highest BCUT2D eigenvalue weighted by molar-refractivity contribution is 5.85. The Morgan fingerprint density at radius 3 is 2.61 bits per heavy atom. The van der Waals surface area contributed by atoms with E-state index in [-0.39, 0.29) is 19.0 Å². The van der Waals surface area contributed by atoms with E-state index in [0.717, 1.165) is 19.4 Å². The minimum absolute atomic E-state index is 0. The summed E-state index contributed by atoms with van der Waals surface area (Å²) in [7, 11) is 1.53. The van der Waals surface area contributed by atoms with Crippen LogP contribution in [-0.2, 0) is 9.53 Å². The van der Waals surface area contributed by atoms with Crippen molar-refractivity contribution in [3.63, 3.8) is 0 Å². The third-order valence-corrected chi connectivity index (χ3v) is 2.74. The quantitative estimate of drug-likeness (QED) is 0.801. The highest BCUT2D eigenvalue weighted by atomic mass is 35.5. The maximum absolute atomic E-state index is 11.9. The molecule has 1 aliphatic heterocycles. The van der Waals surface area contributed by atoms with E-state index in [1.165, 1.54) is 7.11 Å². The van der Waals surface area contributed by atoms with E-state index < -0.39 is 24.0 Å². The maximum Gasteiger partial charge on any atom is 0.397 e. The smallest absolute Gasteiger partial charge is 0.383 e. The molecular weight excluding hydrogens is 273 g/mol. The fourth-order valence-corrected chi connectivity index (χ4v) is 1.98. The van der Waals surface area contributed by atoms with Gasteiger partial charge in [-0.2, -0.15) is 13.2 Å². The maximum atomic E-state index is 11.9. The van der Waals surface area contributed by atoms with Crippen LogP contribution in [0.1, 0.15) is 19.3 Å². The monoisotopic (exact) mass is 290 g/mol. The number of alkyl halides is 3. The average Bonchev–Trinajstić information content (AvgIpc) is 2.62. The summed E-state index contributed by atoms with van der Waals surface area (Å²) in [5, 5.41) is 5.47. The molecular formula is C10H18ClF3N2O2. The molecule has 18 heavy (non-hydrogen) atoms. The molecule has 1 fully saturated rings. The molecule has 0 radical (unpaired) electrons. The van der Waals surface area contributed by atoms with Crippen molar-refractivity contribution < 1.29 is 22.7 Å². The Labute approximate surface area is 110 Å². The van der Waals surface area contributed by atoms with Crippen molar-refractivity contribution in [3.8, 4) is 0 Å². The van der Waals surface area contributed by atoms with Gasteiger partial charge in [0.05, 0.1) is 12.1 Å². The van der Waals surface area contributed by atoms with Crippen molar-refractivity contribution in [2.45, 2.75) is 31.0 Å². The Bertz CT molecular complexity index is 268. The van der Waals surface area contributed by atoms with Crippen molar-refractivity contribution in [1.29, 1.82) is 0 Å². The first-order valence-electron chi connectivity index (χ1n) is 5.44. The van der Waals surface area contributed by atoms with E-state index >= 15 is 0 Å². The van der Waals surface area contributed by atoms with Crippen LogP contribution < -0.4 is 10.6 Å². The topological polar surface area (TPSA) is 50.4 Å². The molecule has 1 heterocycles. The lowest BCUT2D eigenvalue weighted by molar-refractivity contribution is -0.154. The summed E-state index contributed by atoms with van der Waals surface area (Å²) in [6.45, 7) is 1.33. The summed E-state index contributed by atoms with van der Waals surface area (Å²) in [4.78, 5) is 11.1. The molecule has 8 heteroatoms. The van der Waals surface area contributed by atoms with Crippen LogP contribution in [0.5, 0.6) is 0 Å². The number of hydrogen-bond acceptors (Lipinski definition) is 3. The third kappa shape index (κ3) is 5.88. The number of ether oxygens (including phenoxy) is 1. The second-order valence-corrected chi connectivity index (χ2v) is 4.31. The second kappa shape index (κ2) is 7.16. The molecule has 4 nitrogen and oxygen atoms in total. The summed E-state index contributed by atoms with van der Waals surface area (Å²) >= 11 is 0. The van der Waals surface area contributed by atoms with E-state index in [4.69, 9.17) is 4.74 Å². The summed E-state index contributed by atoms with van der Waals surface area (Å²) in [6, 6.07) is 0. The molecule has 0 aromatic heterocycles. The van der Waals surface area contributed by atoms with Crippen molar-refractivity contribution in [2.75, 3.05) is 26.8 Å². The Kier molecular flexibility index (Phi) is 6.94. The van der Waals surface area contributed by atoms with Gasteiger partial charge in [-0.3, -0.25) is 4.79 Å². The summed E-state index contributed by atoms with van der Waals surface area (Å²) in [6.07, 6.45) is -4.18. The van der Waals surface area contributed by atoms with Gasteiger partial charge < -0.3 is 15.4 Å². The molecule has 1 saturated heterocycles. The van der Waals surface area contributed by atoms with Crippen LogP contribution in [0.4, 0.5) is 13.2 Å². The lowest BCUT2D eigenvalue weighted by Gasteiger charge is -2.29. The first-order valence-corrected chi connectivity index (χ1v) is 5.44. The highest BCUT2D eigenvalue weighted by Gasteiger charge is 2.36.